The Morgan fingerprint density at radius 1 is 1.10 bits per heavy atom. The van der Waals surface area contributed by atoms with Crippen LogP contribution in [0.25, 0.3) is 0 Å². The zero-order valence-electron chi connectivity index (χ0n) is 16.7. The maximum Gasteiger partial charge on any atom is 0.334 e. The summed E-state index contributed by atoms with van der Waals surface area (Å²) in [5.74, 6) is -0.744. The highest BCUT2D eigenvalue weighted by molar-refractivity contribution is 9.12. The molecule has 0 spiro atoms. The molecule has 7 heteroatoms. The number of carbonyl (C=O) groups is 3. The molecule has 1 saturated heterocycles. The number of hydrogen-bond acceptors (Lipinski definition) is 4. The Balaban J connectivity index is 1.62. The van der Waals surface area contributed by atoms with Gasteiger partial charge in [-0.25, -0.2) is 4.79 Å². The van der Waals surface area contributed by atoms with E-state index in [0.29, 0.717) is 12.2 Å². The van der Waals surface area contributed by atoms with E-state index in [0.717, 1.165) is 12.0 Å². The van der Waals surface area contributed by atoms with E-state index in [4.69, 9.17) is 4.74 Å². The number of ether oxygens (including phenoxy) is 1. The summed E-state index contributed by atoms with van der Waals surface area (Å²) in [5.41, 5.74) is 0.836. The van der Waals surface area contributed by atoms with Crippen LogP contribution in [0.15, 0.2) is 24.3 Å². The zero-order valence-corrected chi connectivity index (χ0v) is 19.9. The topological polar surface area (TPSA) is 63.7 Å². The summed E-state index contributed by atoms with van der Waals surface area (Å²) >= 11 is 7.41. The van der Waals surface area contributed by atoms with Gasteiger partial charge in [0.2, 0.25) is 11.8 Å². The number of esters is 1. The van der Waals surface area contributed by atoms with Crippen molar-refractivity contribution in [3.05, 3.63) is 29.8 Å². The highest BCUT2D eigenvalue weighted by Gasteiger charge is 2.67. The third-order valence-electron chi connectivity index (χ3n) is 6.60. The van der Waals surface area contributed by atoms with Crippen molar-refractivity contribution < 1.29 is 19.1 Å². The number of aryl methyl sites for hydroxylation is 1. The number of halogens is 2. The van der Waals surface area contributed by atoms with Crippen LogP contribution in [-0.4, -0.2) is 38.4 Å². The van der Waals surface area contributed by atoms with E-state index in [1.807, 2.05) is 32.9 Å². The van der Waals surface area contributed by atoms with E-state index in [9.17, 15) is 14.4 Å². The third-order valence-corrected chi connectivity index (χ3v) is 9.81. The third kappa shape index (κ3) is 3.38. The molecule has 0 radical (unpaired) electrons. The minimum atomic E-state index is -0.887. The maximum absolute atomic E-state index is 13.3. The molecule has 4 rings (SSSR count). The van der Waals surface area contributed by atoms with Crippen molar-refractivity contribution in [2.45, 2.75) is 49.3 Å². The Morgan fingerprint density at radius 2 is 1.66 bits per heavy atom. The van der Waals surface area contributed by atoms with Crippen molar-refractivity contribution in [2.75, 3.05) is 0 Å². The quantitative estimate of drug-likeness (QED) is 0.251. The molecule has 1 aromatic rings. The summed E-state index contributed by atoms with van der Waals surface area (Å²) in [6.45, 7) is 5.82. The number of carbonyl (C=O) groups excluding carboxylic acids is 3. The van der Waals surface area contributed by atoms with Crippen LogP contribution >= 0.6 is 31.9 Å². The summed E-state index contributed by atoms with van der Waals surface area (Å²) in [6, 6.07) is 6.37. The SMILES string of the molecule is Cc1ccccc1OC(=O)[C@H](CC(C)C)N1C(=O)[C@@H]2[C@@H]3C[C@H]([C@H](Br)[C@@H]3Br)[C@@H]2C1=O. The van der Waals surface area contributed by atoms with E-state index in [2.05, 4.69) is 31.9 Å². The van der Waals surface area contributed by atoms with Crippen molar-refractivity contribution >= 4 is 49.6 Å². The molecule has 3 fully saturated rings. The lowest BCUT2D eigenvalue weighted by atomic mass is 9.81. The second-order valence-electron chi connectivity index (χ2n) is 8.88. The fourth-order valence-corrected chi connectivity index (χ4v) is 7.15. The summed E-state index contributed by atoms with van der Waals surface area (Å²) in [6.07, 6.45) is 1.27. The predicted molar refractivity (Wildman–Crippen MR) is 116 cm³/mol. The van der Waals surface area contributed by atoms with Crippen LogP contribution in [0.3, 0.4) is 0 Å². The Labute approximate surface area is 187 Å². The minimum Gasteiger partial charge on any atom is -0.425 e. The molecule has 7 atom stereocenters. The summed E-state index contributed by atoms with van der Waals surface area (Å²) < 4.78 is 5.65. The Morgan fingerprint density at radius 3 is 2.17 bits per heavy atom. The number of para-hydroxylation sites is 1. The van der Waals surface area contributed by atoms with Gasteiger partial charge in [0.05, 0.1) is 11.8 Å². The van der Waals surface area contributed by atoms with Crippen LogP contribution in [0.4, 0.5) is 0 Å². The van der Waals surface area contributed by atoms with Crippen LogP contribution in [0.2, 0.25) is 0 Å². The van der Waals surface area contributed by atoms with Crippen LogP contribution in [0.1, 0.15) is 32.3 Å². The molecular weight excluding hydrogens is 502 g/mol. The minimum absolute atomic E-state index is 0.128. The first-order valence-corrected chi connectivity index (χ1v) is 12.0. The molecule has 5 nitrogen and oxygen atoms in total. The van der Waals surface area contributed by atoms with Crippen LogP contribution in [-0.2, 0) is 14.4 Å². The Hall–Kier alpha value is -1.21. The van der Waals surface area contributed by atoms with Crippen molar-refractivity contribution in [1.29, 1.82) is 0 Å². The van der Waals surface area contributed by atoms with Crippen LogP contribution in [0.5, 0.6) is 5.75 Å². The first-order chi connectivity index (χ1) is 13.7. The standard InChI is InChI=1S/C22H25Br2NO4/c1-10(2)8-14(22(28)29-15-7-5-4-6-11(15)3)25-20(26)16-12-9-13(17(16)21(25)27)19(24)18(12)23/h4-7,10,12-14,16-19H,8-9H2,1-3H3/t12-,13-,14-,16-,17+,18-,19+/m0/s1. The first-order valence-electron chi connectivity index (χ1n) is 10.1. The van der Waals surface area contributed by atoms with E-state index in [-0.39, 0.29) is 51.1 Å². The summed E-state index contributed by atoms with van der Waals surface area (Å²) in [5, 5.41) is 0. The zero-order chi connectivity index (χ0) is 21.0. The van der Waals surface area contributed by atoms with Gasteiger partial charge < -0.3 is 4.74 Å². The molecule has 2 bridgehead atoms. The molecule has 2 amide bonds. The molecule has 1 heterocycles. The molecule has 0 N–H and O–H groups in total. The number of nitrogens with zero attached hydrogens (tertiary/aromatic N) is 1. The number of rotatable bonds is 5. The van der Waals surface area contributed by atoms with Gasteiger partial charge in [0.1, 0.15) is 11.8 Å². The molecular formula is C22H25Br2NO4. The number of benzene rings is 1. The van der Waals surface area contributed by atoms with Crippen molar-refractivity contribution in [1.82, 2.24) is 4.90 Å². The summed E-state index contributed by atoms with van der Waals surface area (Å²) in [7, 11) is 0. The lowest BCUT2D eigenvalue weighted by Gasteiger charge is -2.28. The van der Waals surface area contributed by atoms with Gasteiger partial charge in [-0.15, -0.1) is 0 Å². The number of amides is 2. The highest BCUT2D eigenvalue weighted by atomic mass is 79.9. The lowest BCUT2D eigenvalue weighted by Crippen LogP contribution is -2.48. The number of imide groups is 1. The highest BCUT2D eigenvalue weighted by Crippen LogP contribution is 2.60. The van der Waals surface area contributed by atoms with Crippen molar-refractivity contribution in [3.8, 4) is 5.75 Å². The van der Waals surface area contributed by atoms with Crippen molar-refractivity contribution in [3.63, 3.8) is 0 Å². The number of fused-ring (bicyclic) bond motifs is 5. The van der Waals surface area contributed by atoms with E-state index >= 15 is 0 Å². The van der Waals surface area contributed by atoms with Gasteiger partial charge in [0, 0.05) is 9.65 Å². The van der Waals surface area contributed by atoms with Gasteiger partial charge in [-0.05, 0) is 49.1 Å². The summed E-state index contributed by atoms with van der Waals surface area (Å²) in [4.78, 5) is 41.4. The average molecular weight is 527 g/mol. The average Bonchev–Trinajstić information content (AvgIpc) is 3.27. The second kappa shape index (κ2) is 7.80. The van der Waals surface area contributed by atoms with Crippen molar-refractivity contribution in [2.24, 2.45) is 29.6 Å². The molecule has 1 aromatic carbocycles. The van der Waals surface area contributed by atoms with Gasteiger partial charge in [-0.1, -0.05) is 63.9 Å². The molecule has 1 aliphatic heterocycles. The van der Waals surface area contributed by atoms with Crippen LogP contribution < -0.4 is 4.74 Å². The molecule has 156 valence electrons. The number of alkyl halides is 2. The van der Waals surface area contributed by atoms with Gasteiger partial charge in [0.25, 0.3) is 0 Å². The molecule has 2 aliphatic carbocycles. The van der Waals surface area contributed by atoms with Gasteiger partial charge in [0.15, 0.2) is 0 Å². The van der Waals surface area contributed by atoms with Crippen LogP contribution in [0, 0.1) is 36.5 Å². The molecule has 0 aromatic heterocycles. The molecule has 3 aliphatic rings. The first kappa shape index (κ1) is 21.0. The van der Waals surface area contributed by atoms with E-state index < -0.39 is 12.0 Å². The van der Waals surface area contributed by atoms with Gasteiger partial charge in [-0.3, -0.25) is 14.5 Å². The number of hydrogen-bond donors (Lipinski definition) is 0. The fraction of sp³-hybridized carbons (Fsp3) is 0.591. The molecule has 0 unspecified atom stereocenters. The van der Waals surface area contributed by atoms with E-state index in [1.165, 1.54) is 4.90 Å². The molecule has 29 heavy (non-hydrogen) atoms. The largest absolute Gasteiger partial charge is 0.425 e. The second-order valence-corrected chi connectivity index (χ2v) is 11.0. The smallest absolute Gasteiger partial charge is 0.334 e. The van der Waals surface area contributed by atoms with Gasteiger partial charge >= 0.3 is 5.97 Å². The normalized spacial score (nSPS) is 34.1. The fourth-order valence-electron chi connectivity index (χ4n) is 5.28. The van der Waals surface area contributed by atoms with Gasteiger partial charge in [-0.2, -0.15) is 0 Å². The lowest BCUT2D eigenvalue weighted by molar-refractivity contribution is -0.154. The Kier molecular flexibility index (Phi) is 5.66. The molecule has 2 saturated carbocycles. The monoisotopic (exact) mass is 525 g/mol. The Bertz CT molecular complexity index is 825. The van der Waals surface area contributed by atoms with E-state index in [1.54, 1.807) is 12.1 Å². The number of likely N-dealkylation sites (tertiary alicyclic amines) is 1. The predicted octanol–water partition coefficient (Wildman–Crippen LogP) is 4.09. The maximum atomic E-state index is 13.3.